The summed E-state index contributed by atoms with van der Waals surface area (Å²) >= 11 is 2.61. The fraction of sp³-hybridized carbons (Fsp3) is 0.357. The number of carbonyl (C=O) groups excluding carboxylic acids is 1. The first-order valence-corrected chi connectivity index (χ1v) is 8.30. The van der Waals surface area contributed by atoms with Gasteiger partial charge in [0, 0.05) is 6.54 Å². The van der Waals surface area contributed by atoms with E-state index in [-0.39, 0.29) is 23.4 Å². The van der Waals surface area contributed by atoms with E-state index in [0.717, 1.165) is 0 Å². The average Bonchev–Trinajstić information content (AvgIpc) is 2.88. The molecule has 0 radical (unpaired) electrons. The number of aromatic nitrogens is 2. The van der Waals surface area contributed by atoms with Crippen LogP contribution >= 0.6 is 23.1 Å². The van der Waals surface area contributed by atoms with Gasteiger partial charge < -0.3 is 4.74 Å². The Morgan fingerprint density at radius 2 is 2.38 bits per heavy atom. The molecule has 21 heavy (non-hydrogen) atoms. The third-order valence-corrected chi connectivity index (χ3v) is 4.30. The Labute approximate surface area is 130 Å². The number of ether oxygens (including phenoxy) is 1. The van der Waals surface area contributed by atoms with Crippen LogP contribution in [0.5, 0.6) is 0 Å². The lowest BCUT2D eigenvalue weighted by atomic mass is 10.4. The Bertz CT molecular complexity index is 719. The van der Waals surface area contributed by atoms with Crippen molar-refractivity contribution in [1.29, 1.82) is 0 Å². The number of carbonyl (C=O) groups is 1. The van der Waals surface area contributed by atoms with Gasteiger partial charge in [-0.3, -0.25) is 14.2 Å². The third kappa shape index (κ3) is 3.74. The number of rotatable bonds is 6. The van der Waals surface area contributed by atoms with Crippen LogP contribution in [0.1, 0.15) is 13.8 Å². The lowest BCUT2D eigenvalue weighted by Gasteiger charge is -2.11. The van der Waals surface area contributed by atoms with Gasteiger partial charge in [-0.05, 0) is 25.3 Å². The Balaban J connectivity index is 2.29. The smallest absolute Gasteiger partial charge is 0.316 e. The summed E-state index contributed by atoms with van der Waals surface area (Å²) in [5, 5.41) is 2.94. The molecule has 0 amide bonds. The average molecular weight is 324 g/mol. The summed E-state index contributed by atoms with van der Waals surface area (Å²) in [5.74, 6) is -0.195. The van der Waals surface area contributed by atoms with Crippen LogP contribution in [0, 0.1) is 0 Å². The van der Waals surface area contributed by atoms with Crippen molar-refractivity contribution in [3.63, 3.8) is 0 Å². The van der Waals surface area contributed by atoms with Crippen molar-refractivity contribution in [2.75, 3.05) is 5.75 Å². The van der Waals surface area contributed by atoms with Crippen LogP contribution in [-0.2, 0) is 16.1 Å². The number of thioether (sulfide) groups is 1. The van der Waals surface area contributed by atoms with Crippen LogP contribution in [-0.4, -0.2) is 27.4 Å². The molecular weight excluding hydrogens is 308 g/mol. The first-order chi connectivity index (χ1) is 10.0. The van der Waals surface area contributed by atoms with E-state index in [2.05, 4.69) is 11.6 Å². The highest BCUT2D eigenvalue weighted by atomic mass is 32.2. The minimum absolute atomic E-state index is 0.110. The molecular formula is C14H16N2O3S2. The normalized spacial score (nSPS) is 11.0. The van der Waals surface area contributed by atoms with Crippen molar-refractivity contribution in [2.24, 2.45) is 0 Å². The van der Waals surface area contributed by atoms with E-state index in [4.69, 9.17) is 4.74 Å². The van der Waals surface area contributed by atoms with Gasteiger partial charge in [-0.1, -0.05) is 17.8 Å². The zero-order valence-electron chi connectivity index (χ0n) is 11.9. The summed E-state index contributed by atoms with van der Waals surface area (Å²) in [6, 6.07) is 1.76. The van der Waals surface area contributed by atoms with Crippen molar-refractivity contribution >= 4 is 39.3 Å². The number of allylic oxidation sites excluding steroid dienone is 1. The lowest BCUT2D eigenvalue weighted by molar-refractivity contribution is -0.144. The fourth-order valence-electron chi connectivity index (χ4n) is 1.75. The Morgan fingerprint density at radius 1 is 1.62 bits per heavy atom. The van der Waals surface area contributed by atoms with Gasteiger partial charge in [-0.25, -0.2) is 4.98 Å². The van der Waals surface area contributed by atoms with Gasteiger partial charge in [0.1, 0.15) is 4.83 Å². The molecule has 0 bridgehead atoms. The number of nitrogens with zero attached hydrogens (tertiary/aromatic N) is 2. The van der Waals surface area contributed by atoms with Crippen molar-refractivity contribution in [3.8, 4) is 0 Å². The maximum absolute atomic E-state index is 12.4. The maximum Gasteiger partial charge on any atom is 0.316 e. The molecule has 5 nitrogen and oxygen atoms in total. The first kappa shape index (κ1) is 15.8. The van der Waals surface area contributed by atoms with Crippen LogP contribution in [0.15, 0.2) is 34.1 Å². The Kier molecular flexibility index (Phi) is 5.19. The summed E-state index contributed by atoms with van der Waals surface area (Å²) in [6.07, 6.45) is 1.49. The van der Waals surface area contributed by atoms with Crippen LogP contribution in [0.3, 0.4) is 0 Å². The zero-order valence-corrected chi connectivity index (χ0v) is 13.5. The molecule has 2 heterocycles. The lowest BCUT2D eigenvalue weighted by Crippen LogP contribution is -2.23. The van der Waals surface area contributed by atoms with E-state index in [1.165, 1.54) is 27.7 Å². The van der Waals surface area contributed by atoms with E-state index in [1.807, 2.05) is 5.38 Å². The maximum atomic E-state index is 12.4. The van der Waals surface area contributed by atoms with Crippen molar-refractivity contribution in [2.45, 2.75) is 31.7 Å². The highest BCUT2D eigenvalue weighted by molar-refractivity contribution is 7.99. The standard InChI is InChI=1S/C14H16N2O3S2/c1-4-6-16-13(18)10-5-7-20-12(10)15-14(16)21-8-11(17)19-9(2)3/h4-5,7,9H,1,6,8H2,2-3H3. The molecule has 0 aromatic carbocycles. The summed E-state index contributed by atoms with van der Waals surface area (Å²) in [4.78, 5) is 29.1. The molecule has 0 fully saturated rings. The molecule has 0 unspecified atom stereocenters. The predicted molar refractivity (Wildman–Crippen MR) is 86.0 cm³/mol. The van der Waals surface area contributed by atoms with Crippen LogP contribution in [0.4, 0.5) is 0 Å². The monoisotopic (exact) mass is 324 g/mol. The van der Waals surface area contributed by atoms with E-state index >= 15 is 0 Å². The fourth-order valence-corrected chi connectivity index (χ4v) is 3.35. The topological polar surface area (TPSA) is 61.2 Å². The van der Waals surface area contributed by atoms with E-state index in [1.54, 1.807) is 26.0 Å². The third-order valence-electron chi connectivity index (χ3n) is 2.55. The molecule has 0 aliphatic heterocycles. The van der Waals surface area contributed by atoms with Crippen molar-refractivity contribution in [1.82, 2.24) is 9.55 Å². The predicted octanol–water partition coefficient (Wildman–Crippen LogP) is 2.69. The van der Waals surface area contributed by atoms with E-state index in [9.17, 15) is 9.59 Å². The number of hydrogen-bond donors (Lipinski definition) is 0. The molecule has 0 aliphatic carbocycles. The molecule has 0 saturated heterocycles. The van der Waals surface area contributed by atoms with Gasteiger partial charge in [0.2, 0.25) is 0 Å². The highest BCUT2D eigenvalue weighted by Gasteiger charge is 2.14. The second kappa shape index (κ2) is 6.91. The minimum Gasteiger partial charge on any atom is -0.462 e. The minimum atomic E-state index is -0.319. The highest BCUT2D eigenvalue weighted by Crippen LogP contribution is 2.21. The molecule has 0 aliphatic rings. The first-order valence-electron chi connectivity index (χ1n) is 6.44. The van der Waals surface area contributed by atoms with Gasteiger partial charge >= 0.3 is 5.97 Å². The molecule has 0 spiro atoms. The van der Waals surface area contributed by atoms with Crippen LogP contribution in [0.2, 0.25) is 0 Å². The summed E-state index contributed by atoms with van der Waals surface area (Å²) < 4.78 is 6.61. The molecule has 2 aromatic heterocycles. The molecule has 0 N–H and O–H groups in total. The quantitative estimate of drug-likeness (QED) is 0.354. The summed E-state index contributed by atoms with van der Waals surface area (Å²) in [6.45, 7) is 7.61. The SMILES string of the molecule is C=CCn1c(SCC(=O)OC(C)C)nc2sccc2c1=O. The molecule has 112 valence electrons. The van der Waals surface area contributed by atoms with Crippen molar-refractivity contribution < 1.29 is 9.53 Å². The van der Waals surface area contributed by atoms with E-state index in [0.29, 0.717) is 21.9 Å². The molecule has 2 rings (SSSR count). The van der Waals surface area contributed by atoms with Crippen molar-refractivity contribution in [3.05, 3.63) is 34.5 Å². The number of thiophene rings is 1. The summed E-state index contributed by atoms with van der Waals surface area (Å²) in [5.41, 5.74) is -0.110. The van der Waals surface area contributed by atoms with Gasteiger partial charge in [0.15, 0.2) is 5.16 Å². The zero-order chi connectivity index (χ0) is 15.4. The van der Waals surface area contributed by atoms with Gasteiger partial charge in [0.05, 0.1) is 17.2 Å². The second-order valence-electron chi connectivity index (χ2n) is 4.57. The largest absolute Gasteiger partial charge is 0.462 e. The molecule has 0 atom stereocenters. The van der Waals surface area contributed by atoms with Gasteiger partial charge in [-0.2, -0.15) is 0 Å². The molecule has 2 aromatic rings. The van der Waals surface area contributed by atoms with E-state index < -0.39 is 0 Å². The van der Waals surface area contributed by atoms with Gasteiger partial charge in [0.25, 0.3) is 5.56 Å². The number of fused-ring (bicyclic) bond motifs is 1. The van der Waals surface area contributed by atoms with Gasteiger partial charge in [-0.15, -0.1) is 17.9 Å². The summed E-state index contributed by atoms with van der Waals surface area (Å²) in [7, 11) is 0. The molecule has 7 heteroatoms. The molecule has 0 saturated carbocycles. The Morgan fingerprint density at radius 3 is 3.05 bits per heavy atom. The van der Waals surface area contributed by atoms with Crippen LogP contribution < -0.4 is 5.56 Å². The Hall–Kier alpha value is -1.60. The number of esters is 1. The second-order valence-corrected chi connectivity index (χ2v) is 6.40. The number of hydrogen-bond acceptors (Lipinski definition) is 6. The van der Waals surface area contributed by atoms with Crippen LogP contribution in [0.25, 0.3) is 10.2 Å².